The highest BCUT2D eigenvalue weighted by Crippen LogP contribution is 2.29. The normalized spacial score (nSPS) is 12.5. The first-order valence-corrected chi connectivity index (χ1v) is 11.3. The molecule has 0 aliphatic rings. The van der Waals surface area contributed by atoms with Crippen LogP contribution in [0.2, 0.25) is 0 Å². The third kappa shape index (κ3) is 9.43. The maximum absolute atomic E-state index is 10.4. The van der Waals surface area contributed by atoms with Crippen LogP contribution >= 0.6 is 0 Å². The van der Waals surface area contributed by atoms with E-state index in [9.17, 15) is 5.11 Å². The number of aliphatic hydroxyl groups is 1. The lowest BCUT2D eigenvalue weighted by Gasteiger charge is -2.16. The number of nitrogens with zero attached hydrogens (tertiary/aromatic N) is 2. The minimum Gasteiger partial charge on any atom is -0.493 e. The Labute approximate surface area is 187 Å². The highest BCUT2D eigenvalue weighted by atomic mass is 16.5. The van der Waals surface area contributed by atoms with Gasteiger partial charge in [-0.25, -0.2) is 0 Å². The van der Waals surface area contributed by atoms with Gasteiger partial charge in [0.1, 0.15) is 6.61 Å². The zero-order chi connectivity index (χ0) is 22.5. The first-order valence-electron chi connectivity index (χ1n) is 11.3. The first-order chi connectivity index (χ1) is 15.0. The maximum Gasteiger partial charge on any atom is 0.161 e. The molecule has 0 aromatic heterocycles. The Morgan fingerprint density at radius 3 is 2.48 bits per heavy atom. The van der Waals surface area contributed by atoms with Crippen LogP contribution in [0.3, 0.4) is 0 Å². The molecule has 5 heteroatoms. The van der Waals surface area contributed by atoms with Gasteiger partial charge >= 0.3 is 0 Å². The standard InChI is InChI=1S/C26H38N2O3/c1-5-6-8-13-24(29)19-23(27-28(2)3)16-14-21-15-17-25(26(18-21)30-4)31-20-22-11-9-7-10-12-22/h7,9-12,15,17-18,24,29H,5-6,8,13-14,16,19-20H2,1-4H3/b27-23+/t24-/m1/s1. The molecule has 0 radical (unpaired) electrons. The SMILES string of the molecule is CCCCC[C@@H](O)C/C(CCc1ccc(OCc2ccccc2)c(OC)c1)=N/N(C)C. The molecule has 0 fully saturated rings. The summed E-state index contributed by atoms with van der Waals surface area (Å²) in [7, 11) is 5.51. The van der Waals surface area contributed by atoms with Crippen LogP contribution in [-0.2, 0) is 13.0 Å². The summed E-state index contributed by atoms with van der Waals surface area (Å²) >= 11 is 0. The smallest absolute Gasteiger partial charge is 0.161 e. The lowest BCUT2D eigenvalue weighted by molar-refractivity contribution is 0.167. The van der Waals surface area contributed by atoms with Crippen LogP contribution in [0.15, 0.2) is 53.6 Å². The molecule has 0 bridgehead atoms. The molecule has 2 rings (SSSR count). The van der Waals surface area contributed by atoms with Crippen LogP contribution in [0.25, 0.3) is 0 Å². The number of hydrazone groups is 1. The zero-order valence-corrected chi connectivity index (χ0v) is 19.5. The number of unbranched alkanes of at least 4 members (excludes halogenated alkanes) is 2. The highest BCUT2D eigenvalue weighted by molar-refractivity contribution is 5.84. The van der Waals surface area contributed by atoms with Gasteiger partial charge in [-0.3, -0.25) is 0 Å². The van der Waals surface area contributed by atoms with Gasteiger partial charge in [0, 0.05) is 26.2 Å². The molecule has 0 aliphatic carbocycles. The number of rotatable bonds is 14. The first kappa shape index (κ1) is 24.7. The Balaban J connectivity index is 1.96. The number of aryl methyl sites for hydroxylation is 1. The predicted molar refractivity (Wildman–Crippen MR) is 128 cm³/mol. The van der Waals surface area contributed by atoms with E-state index in [0.29, 0.717) is 13.0 Å². The van der Waals surface area contributed by atoms with Crippen LogP contribution in [0.5, 0.6) is 11.5 Å². The van der Waals surface area contributed by atoms with Crippen molar-refractivity contribution in [2.24, 2.45) is 5.10 Å². The molecule has 0 amide bonds. The number of aliphatic hydroxyl groups excluding tert-OH is 1. The topological polar surface area (TPSA) is 54.3 Å². The average molecular weight is 427 g/mol. The van der Waals surface area contributed by atoms with Crippen molar-refractivity contribution in [1.82, 2.24) is 5.01 Å². The van der Waals surface area contributed by atoms with Gasteiger partial charge < -0.3 is 19.6 Å². The number of ether oxygens (including phenoxy) is 2. The minimum atomic E-state index is -0.325. The number of benzene rings is 2. The van der Waals surface area contributed by atoms with Gasteiger partial charge in [-0.1, -0.05) is 62.6 Å². The highest BCUT2D eigenvalue weighted by Gasteiger charge is 2.12. The van der Waals surface area contributed by atoms with Crippen molar-refractivity contribution >= 4 is 5.71 Å². The quantitative estimate of drug-likeness (QED) is 0.248. The summed E-state index contributed by atoms with van der Waals surface area (Å²) in [6, 6.07) is 16.2. The molecule has 170 valence electrons. The molecule has 31 heavy (non-hydrogen) atoms. The van der Waals surface area contributed by atoms with E-state index in [4.69, 9.17) is 9.47 Å². The second-order valence-electron chi connectivity index (χ2n) is 8.13. The van der Waals surface area contributed by atoms with Crippen LogP contribution in [0, 0.1) is 0 Å². The van der Waals surface area contributed by atoms with Gasteiger partial charge in [0.15, 0.2) is 11.5 Å². The number of methoxy groups -OCH3 is 1. The van der Waals surface area contributed by atoms with E-state index in [1.165, 1.54) is 0 Å². The molecular formula is C26H38N2O3. The van der Waals surface area contributed by atoms with Crippen LogP contribution in [0.1, 0.15) is 56.6 Å². The van der Waals surface area contributed by atoms with E-state index in [1.807, 2.05) is 61.6 Å². The molecule has 2 aromatic carbocycles. The third-order valence-electron chi connectivity index (χ3n) is 5.12. The fourth-order valence-corrected chi connectivity index (χ4v) is 3.49. The molecular weight excluding hydrogens is 388 g/mol. The molecule has 0 unspecified atom stereocenters. The average Bonchev–Trinajstić information content (AvgIpc) is 2.76. The Kier molecular flexibility index (Phi) is 10.9. The fraction of sp³-hybridized carbons (Fsp3) is 0.500. The van der Waals surface area contributed by atoms with Crippen molar-refractivity contribution in [3.8, 4) is 11.5 Å². The summed E-state index contributed by atoms with van der Waals surface area (Å²) in [5.74, 6) is 1.47. The second kappa shape index (κ2) is 13.7. The van der Waals surface area contributed by atoms with Gasteiger partial charge in [0.05, 0.1) is 13.2 Å². The van der Waals surface area contributed by atoms with E-state index in [2.05, 4.69) is 18.1 Å². The Morgan fingerprint density at radius 2 is 1.81 bits per heavy atom. The van der Waals surface area contributed by atoms with Crippen molar-refractivity contribution in [3.05, 3.63) is 59.7 Å². The Bertz CT molecular complexity index is 790. The summed E-state index contributed by atoms with van der Waals surface area (Å²) in [6.45, 7) is 2.68. The molecule has 0 aliphatic heterocycles. The van der Waals surface area contributed by atoms with Crippen molar-refractivity contribution in [3.63, 3.8) is 0 Å². The second-order valence-corrected chi connectivity index (χ2v) is 8.13. The lowest BCUT2D eigenvalue weighted by atomic mass is 10.0. The monoisotopic (exact) mass is 426 g/mol. The summed E-state index contributed by atoms with van der Waals surface area (Å²) in [4.78, 5) is 0. The Morgan fingerprint density at radius 1 is 1.03 bits per heavy atom. The van der Waals surface area contributed by atoms with Crippen molar-refractivity contribution in [1.29, 1.82) is 0 Å². The van der Waals surface area contributed by atoms with Gasteiger partial charge in [0.25, 0.3) is 0 Å². The molecule has 0 spiro atoms. The number of hydrogen-bond acceptors (Lipinski definition) is 5. The van der Waals surface area contributed by atoms with Gasteiger partial charge in [-0.15, -0.1) is 0 Å². The van der Waals surface area contributed by atoms with Gasteiger partial charge in [0.2, 0.25) is 0 Å². The van der Waals surface area contributed by atoms with Crippen molar-refractivity contribution < 1.29 is 14.6 Å². The largest absolute Gasteiger partial charge is 0.493 e. The van der Waals surface area contributed by atoms with E-state index in [1.54, 1.807) is 7.11 Å². The van der Waals surface area contributed by atoms with E-state index in [0.717, 1.165) is 66.9 Å². The van der Waals surface area contributed by atoms with Crippen molar-refractivity contribution in [2.45, 2.75) is 64.6 Å². The Hall–Kier alpha value is -2.53. The van der Waals surface area contributed by atoms with Gasteiger partial charge in [-0.05, 0) is 42.5 Å². The van der Waals surface area contributed by atoms with Gasteiger partial charge in [-0.2, -0.15) is 5.10 Å². The van der Waals surface area contributed by atoms with Crippen LogP contribution in [-0.4, -0.2) is 43.1 Å². The summed E-state index contributed by atoms with van der Waals surface area (Å²) in [6.07, 6.45) is 6.16. The summed E-state index contributed by atoms with van der Waals surface area (Å²) in [5.41, 5.74) is 3.31. The predicted octanol–water partition coefficient (Wildman–Crippen LogP) is 5.46. The van der Waals surface area contributed by atoms with E-state index >= 15 is 0 Å². The van der Waals surface area contributed by atoms with Crippen LogP contribution < -0.4 is 9.47 Å². The molecule has 5 nitrogen and oxygen atoms in total. The van der Waals surface area contributed by atoms with E-state index < -0.39 is 0 Å². The lowest BCUT2D eigenvalue weighted by Crippen LogP contribution is -2.17. The molecule has 1 atom stereocenters. The summed E-state index contributed by atoms with van der Waals surface area (Å²) in [5, 5.41) is 16.8. The maximum atomic E-state index is 10.4. The van der Waals surface area contributed by atoms with Crippen molar-refractivity contribution in [2.75, 3.05) is 21.2 Å². The fourth-order valence-electron chi connectivity index (χ4n) is 3.49. The molecule has 0 saturated carbocycles. The molecule has 0 heterocycles. The summed E-state index contributed by atoms with van der Waals surface area (Å²) < 4.78 is 11.5. The number of hydrogen-bond donors (Lipinski definition) is 1. The van der Waals surface area contributed by atoms with Crippen LogP contribution in [0.4, 0.5) is 0 Å². The molecule has 0 saturated heterocycles. The molecule has 1 N–H and O–H groups in total. The molecule has 2 aromatic rings. The zero-order valence-electron chi connectivity index (χ0n) is 19.5. The van der Waals surface area contributed by atoms with E-state index in [-0.39, 0.29) is 6.10 Å². The minimum absolute atomic E-state index is 0.325. The third-order valence-corrected chi connectivity index (χ3v) is 5.12.